The smallest absolute Gasteiger partial charge is 0.303 e. The Kier molecular flexibility index (Phi) is 20.2. The highest BCUT2D eigenvalue weighted by Gasteiger charge is 2.61. The van der Waals surface area contributed by atoms with Crippen LogP contribution in [0.4, 0.5) is 0 Å². The number of aliphatic hydroxyl groups excluding tert-OH is 9. The van der Waals surface area contributed by atoms with Crippen molar-refractivity contribution >= 4 is 5.97 Å². The lowest BCUT2D eigenvalue weighted by molar-refractivity contribution is -0.376. The molecule has 32 atom stereocenters. The average molecular weight is 1150 g/mol. The highest BCUT2D eigenvalue weighted by atomic mass is 16.8. The van der Waals surface area contributed by atoms with Crippen LogP contribution in [0.5, 0.6) is 0 Å². The van der Waals surface area contributed by atoms with Gasteiger partial charge in [0.2, 0.25) is 0 Å². The Morgan fingerprint density at radius 3 is 1.94 bits per heavy atom. The van der Waals surface area contributed by atoms with Gasteiger partial charge in [-0.3, -0.25) is 4.79 Å². The summed E-state index contributed by atoms with van der Waals surface area (Å²) in [4.78, 5) is 11.8. The number of ether oxygens (including phenoxy) is 14. The van der Waals surface area contributed by atoms with E-state index in [1.807, 2.05) is 13.8 Å². The quantitative estimate of drug-likeness (QED) is 0.0688. The molecule has 8 fully saturated rings. The zero-order chi connectivity index (χ0) is 57.9. The van der Waals surface area contributed by atoms with Gasteiger partial charge in [-0.15, -0.1) is 0 Å². The maximum atomic E-state index is 11.8. The van der Waals surface area contributed by atoms with Crippen LogP contribution < -0.4 is 0 Å². The molecule has 460 valence electrons. The van der Waals surface area contributed by atoms with Crippen molar-refractivity contribution in [2.24, 2.45) is 34.5 Å². The number of rotatable bonds is 17. The molecule has 3 saturated carbocycles. The van der Waals surface area contributed by atoms with E-state index < -0.39 is 167 Å². The van der Waals surface area contributed by atoms with Crippen LogP contribution in [0.2, 0.25) is 0 Å². The molecule has 0 radical (unpaired) electrons. The Balaban J connectivity index is 0.812. The van der Waals surface area contributed by atoms with Crippen LogP contribution >= 0.6 is 0 Å². The number of carbonyl (C=O) groups is 1. The summed E-state index contributed by atoms with van der Waals surface area (Å²) in [6.07, 6.45) is -18.1. The first-order valence-corrected chi connectivity index (χ1v) is 29.0. The van der Waals surface area contributed by atoms with Crippen LogP contribution in [0.15, 0.2) is 11.6 Å². The molecular formula is C56H92O24. The average Bonchev–Trinajstić information content (AvgIpc) is 4.02. The molecular weight excluding hydrogens is 1060 g/mol. The van der Waals surface area contributed by atoms with Gasteiger partial charge in [-0.2, -0.15) is 0 Å². The molecule has 80 heavy (non-hydrogen) atoms. The third-order valence-electron chi connectivity index (χ3n) is 20.2. The minimum absolute atomic E-state index is 0.0125. The third-order valence-corrected chi connectivity index (χ3v) is 20.2. The Labute approximate surface area is 468 Å². The van der Waals surface area contributed by atoms with Gasteiger partial charge in [0.15, 0.2) is 37.6 Å². The molecule has 0 bridgehead atoms. The van der Waals surface area contributed by atoms with E-state index in [0.29, 0.717) is 24.2 Å². The molecule has 9 aliphatic rings. The second kappa shape index (κ2) is 25.7. The van der Waals surface area contributed by atoms with Crippen LogP contribution in [0.25, 0.3) is 0 Å². The Morgan fingerprint density at radius 1 is 0.637 bits per heavy atom. The van der Waals surface area contributed by atoms with Crippen LogP contribution in [-0.2, 0) is 71.1 Å². The maximum absolute atomic E-state index is 11.8. The SMILES string of the molecule is COC1CC(OC2CCC3(C)C(=CCC4C3CCC3(C)C(C(C)OC5OC(C)C(O)C(OC)C5OC5OC(COC6OC(CO)C(O)C(O)C6O)C(O)C(O)C5O)CCC43)C2)OC(C)C1OC1OC(C)C(OC(C)=O)C(OC)C1O. The number of allylic oxidation sites excluding steroid dienone is 1. The van der Waals surface area contributed by atoms with Crippen molar-refractivity contribution in [3.05, 3.63) is 11.6 Å². The molecule has 5 heterocycles. The van der Waals surface area contributed by atoms with Crippen molar-refractivity contribution in [1.29, 1.82) is 0 Å². The summed E-state index contributed by atoms with van der Waals surface area (Å²) in [6.45, 7) is 12.3. The number of esters is 1. The fourth-order valence-electron chi connectivity index (χ4n) is 15.7. The fraction of sp³-hybridized carbons (Fsp3) is 0.946. The van der Waals surface area contributed by atoms with Gasteiger partial charge in [0.05, 0.1) is 49.8 Å². The Bertz CT molecular complexity index is 2070. The van der Waals surface area contributed by atoms with E-state index >= 15 is 0 Å². The normalized spacial score (nSPS) is 52.0. The minimum Gasteiger partial charge on any atom is -0.457 e. The lowest BCUT2D eigenvalue weighted by atomic mass is 9.47. The van der Waals surface area contributed by atoms with Gasteiger partial charge in [0.1, 0.15) is 85.5 Å². The van der Waals surface area contributed by atoms with Gasteiger partial charge in [-0.25, -0.2) is 0 Å². The molecule has 9 N–H and O–H groups in total. The van der Waals surface area contributed by atoms with Crippen molar-refractivity contribution in [1.82, 2.24) is 0 Å². The summed E-state index contributed by atoms with van der Waals surface area (Å²) in [5, 5.41) is 96.4. The zero-order valence-electron chi connectivity index (χ0n) is 47.8. The molecule has 0 amide bonds. The first-order chi connectivity index (χ1) is 38.0. The van der Waals surface area contributed by atoms with Crippen molar-refractivity contribution in [3.8, 4) is 0 Å². The number of methoxy groups -OCH3 is 3. The number of carbonyl (C=O) groups excluding carboxylic acids is 1. The molecule has 5 saturated heterocycles. The predicted octanol–water partition coefficient (Wildman–Crippen LogP) is 0.0732. The van der Waals surface area contributed by atoms with Gasteiger partial charge in [-0.1, -0.05) is 25.5 Å². The highest BCUT2D eigenvalue weighted by molar-refractivity contribution is 5.66. The highest BCUT2D eigenvalue weighted by Crippen LogP contribution is 2.67. The topological polar surface area (TPSA) is 328 Å². The minimum atomic E-state index is -1.81. The molecule has 0 aromatic carbocycles. The molecule has 0 aromatic heterocycles. The lowest BCUT2D eigenvalue weighted by Gasteiger charge is -2.58. The van der Waals surface area contributed by atoms with Crippen molar-refractivity contribution in [3.63, 3.8) is 0 Å². The van der Waals surface area contributed by atoms with Gasteiger partial charge < -0.3 is 112 Å². The van der Waals surface area contributed by atoms with E-state index in [1.165, 1.54) is 26.7 Å². The molecule has 24 nitrogen and oxygen atoms in total. The van der Waals surface area contributed by atoms with E-state index in [-0.39, 0.29) is 29.0 Å². The summed E-state index contributed by atoms with van der Waals surface area (Å²) in [7, 11) is 4.47. The molecule has 9 rings (SSSR count). The number of hydrogen-bond donors (Lipinski definition) is 9. The summed E-state index contributed by atoms with van der Waals surface area (Å²) in [6, 6.07) is 0. The van der Waals surface area contributed by atoms with E-state index in [1.54, 1.807) is 21.0 Å². The maximum Gasteiger partial charge on any atom is 0.303 e. The van der Waals surface area contributed by atoms with E-state index in [0.717, 1.165) is 51.4 Å². The fourth-order valence-corrected chi connectivity index (χ4v) is 15.7. The Hall–Kier alpha value is -1.67. The number of fused-ring (bicyclic) bond motifs is 5. The monoisotopic (exact) mass is 1150 g/mol. The second-order valence-corrected chi connectivity index (χ2v) is 24.7. The first kappa shape index (κ1) is 62.8. The van der Waals surface area contributed by atoms with Crippen LogP contribution in [0.3, 0.4) is 0 Å². The summed E-state index contributed by atoms with van der Waals surface area (Å²) < 4.78 is 85.1. The van der Waals surface area contributed by atoms with E-state index in [4.69, 9.17) is 66.3 Å². The molecule has 0 spiro atoms. The van der Waals surface area contributed by atoms with Crippen LogP contribution in [-0.4, -0.2) is 246 Å². The van der Waals surface area contributed by atoms with Gasteiger partial charge in [-0.05, 0) is 114 Å². The number of aliphatic hydroxyl groups is 9. The van der Waals surface area contributed by atoms with Crippen molar-refractivity contribution in [2.75, 3.05) is 34.5 Å². The van der Waals surface area contributed by atoms with Gasteiger partial charge in [0.25, 0.3) is 0 Å². The van der Waals surface area contributed by atoms with Gasteiger partial charge >= 0.3 is 5.97 Å². The summed E-state index contributed by atoms with van der Waals surface area (Å²) >= 11 is 0. The Morgan fingerprint density at radius 2 is 1.26 bits per heavy atom. The summed E-state index contributed by atoms with van der Waals surface area (Å²) in [5.74, 6) is 1.02. The molecule has 4 aliphatic carbocycles. The van der Waals surface area contributed by atoms with E-state index in [2.05, 4.69) is 19.9 Å². The predicted molar refractivity (Wildman–Crippen MR) is 274 cm³/mol. The molecule has 24 heteroatoms. The first-order valence-electron chi connectivity index (χ1n) is 29.0. The van der Waals surface area contributed by atoms with Crippen LogP contribution in [0, 0.1) is 34.5 Å². The molecule has 0 aromatic rings. The third kappa shape index (κ3) is 12.1. The van der Waals surface area contributed by atoms with Crippen LogP contribution in [0.1, 0.15) is 106 Å². The zero-order valence-corrected chi connectivity index (χ0v) is 47.8. The second-order valence-electron chi connectivity index (χ2n) is 24.7. The van der Waals surface area contributed by atoms with Crippen molar-refractivity contribution in [2.45, 2.75) is 266 Å². The molecule has 5 aliphatic heterocycles. The standard InChI is InChI=1S/C56H92O24/c1-23(72-54-50(48(68-9)38(59)24(2)73-54)80-52-44(65)42(63)40(61)36(78-52)22-70-51-43(64)41(62)39(60)35(21-57)77-51)31-13-14-32-30-12-11-28-19-29(15-17-55(28,6)33(30)16-18-56(31,32)7)76-37-20-34(67-8)46(25(3)71-37)79-53-45(66)49(69-10)47(26(4)74-53)75-27(5)58/h11,23-26,29-54,57,59-66H,12-22H2,1-10H3. The van der Waals surface area contributed by atoms with Crippen molar-refractivity contribution < 1.29 is 117 Å². The van der Waals surface area contributed by atoms with E-state index in [9.17, 15) is 50.8 Å². The molecule has 32 unspecified atom stereocenters. The lowest BCUT2D eigenvalue weighted by Crippen LogP contribution is -2.65. The van der Waals surface area contributed by atoms with Gasteiger partial charge in [0, 0.05) is 34.7 Å². The number of hydrogen-bond acceptors (Lipinski definition) is 24. The summed E-state index contributed by atoms with van der Waals surface area (Å²) in [5.41, 5.74) is 1.39. The largest absolute Gasteiger partial charge is 0.457 e.